The second kappa shape index (κ2) is 8.30. The van der Waals surface area contributed by atoms with Crippen molar-refractivity contribution in [3.63, 3.8) is 0 Å². The first-order valence-electron chi connectivity index (χ1n) is 9.22. The summed E-state index contributed by atoms with van der Waals surface area (Å²) in [6, 6.07) is 9.62. The first kappa shape index (κ1) is 19.7. The lowest BCUT2D eigenvalue weighted by Gasteiger charge is -2.17. The van der Waals surface area contributed by atoms with Crippen LogP contribution in [0.4, 0.5) is 5.69 Å². The van der Waals surface area contributed by atoms with Crippen molar-refractivity contribution in [3.05, 3.63) is 51.9 Å². The van der Waals surface area contributed by atoms with Crippen molar-refractivity contribution in [2.75, 3.05) is 18.9 Å². The Morgan fingerprint density at radius 1 is 1.30 bits per heavy atom. The SMILES string of the molecule is Cc1cc(Br)ccc1NC(=O)CN(C)C(=O)CCc1ccc(C2CC2C)o1. The average Bonchev–Trinajstić information content (AvgIpc) is 3.16. The molecule has 3 rings (SSSR count). The molecule has 2 aromatic rings. The van der Waals surface area contributed by atoms with Crippen molar-refractivity contribution < 1.29 is 14.0 Å². The Hall–Kier alpha value is -2.08. The highest BCUT2D eigenvalue weighted by Gasteiger charge is 2.36. The van der Waals surface area contributed by atoms with Gasteiger partial charge in [0.1, 0.15) is 11.5 Å². The van der Waals surface area contributed by atoms with E-state index in [1.165, 1.54) is 11.3 Å². The quantitative estimate of drug-likeness (QED) is 0.699. The van der Waals surface area contributed by atoms with E-state index in [4.69, 9.17) is 4.42 Å². The fraction of sp³-hybridized carbons (Fsp3) is 0.429. The second-order valence-corrected chi connectivity index (χ2v) is 8.30. The van der Waals surface area contributed by atoms with Crippen LogP contribution in [-0.2, 0) is 16.0 Å². The smallest absolute Gasteiger partial charge is 0.243 e. The molecule has 1 fully saturated rings. The van der Waals surface area contributed by atoms with Crippen LogP contribution in [0, 0.1) is 12.8 Å². The van der Waals surface area contributed by atoms with Crippen molar-refractivity contribution >= 4 is 33.4 Å². The van der Waals surface area contributed by atoms with Crippen LogP contribution in [0.25, 0.3) is 0 Å². The third kappa shape index (κ3) is 5.22. The summed E-state index contributed by atoms with van der Waals surface area (Å²) in [6.45, 7) is 4.17. The molecule has 0 saturated heterocycles. The number of carbonyl (C=O) groups is 2. The van der Waals surface area contributed by atoms with Crippen molar-refractivity contribution in [2.45, 2.75) is 39.0 Å². The van der Waals surface area contributed by atoms with Crippen LogP contribution in [0.2, 0.25) is 0 Å². The van der Waals surface area contributed by atoms with Crippen LogP contribution in [0.3, 0.4) is 0 Å². The Morgan fingerprint density at radius 3 is 2.70 bits per heavy atom. The van der Waals surface area contributed by atoms with Crippen molar-refractivity contribution in [3.8, 4) is 0 Å². The van der Waals surface area contributed by atoms with E-state index in [0.717, 1.165) is 27.2 Å². The van der Waals surface area contributed by atoms with E-state index < -0.39 is 0 Å². The van der Waals surface area contributed by atoms with Gasteiger partial charge in [-0.1, -0.05) is 22.9 Å². The van der Waals surface area contributed by atoms with Gasteiger partial charge in [0.05, 0.1) is 6.54 Å². The number of nitrogens with one attached hydrogen (secondary N) is 1. The minimum atomic E-state index is -0.209. The van der Waals surface area contributed by atoms with Gasteiger partial charge in [-0.3, -0.25) is 9.59 Å². The second-order valence-electron chi connectivity index (χ2n) is 7.38. The van der Waals surface area contributed by atoms with Gasteiger partial charge in [0.2, 0.25) is 11.8 Å². The number of benzene rings is 1. The monoisotopic (exact) mass is 432 g/mol. The van der Waals surface area contributed by atoms with E-state index in [0.29, 0.717) is 24.7 Å². The number of hydrogen-bond acceptors (Lipinski definition) is 3. The first-order chi connectivity index (χ1) is 12.8. The van der Waals surface area contributed by atoms with Crippen LogP contribution < -0.4 is 5.32 Å². The molecule has 1 N–H and O–H groups in total. The van der Waals surface area contributed by atoms with E-state index in [9.17, 15) is 9.59 Å². The largest absolute Gasteiger partial charge is 0.466 e. The summed E-state index contributed by atoms with van der Waals surface area (Å²) in [6.07, 6.45) is 2.06. The maximum absolute atomic E-state index is 12.3. The summed E-state index contributed by atoms with van der Waals surface area (Å²) in [4.78, 5) is 26.0. The Balaban J connectivity index is 1.45. The Morgan fingerprint density at radius 2 is 2.04 bits per heavy atom. The number of furan rings is 1. The highest BCUT2D eigenvalue weighted by Crippen LogP contribution is 2.47. The number of aryl methyl sites for hydroxylation is 2. The van der Waals surface area contributed by atoms with Gasteiger partial charge in [-0.15, -0.1) is 0 Å². The fourth-order valence-electron chi connectivity index (χ4n) is 3.13. The molecule has 1 saturated carbocycles. The Bertz CT molecular complexity index is 846. The number of halogens is 1. The molecular weight excluding hydrogens is 408 g/mol. The fourth-order valence-corrected chi connectivity index (χ4v) is 3.60. The molecule has 0 aliphatic heterocycles. The van der Waals surface area contributed by atoms with Crippen molar-refractivity contribution in [2.24, 2.45) is 5.92 Å². The van der Waals surface area contributed by atoms with Gasteiger partial charge in [0.25, 0.3) is 0 Å². The van der Waals surface area contributed by atoms with Crippen LogP contribution in [0.5, 0.6) is 0 Å². The van der Waals surface area contributed by atoms with Crippen molar-refractivity contribution in [1.29, 1.82) is 0 Å². The third-order valence-electron chi connectivity index (χ3n) is 5.01. The molecule has 2 atom stereocenters. The van der Waals surface area contributed by atoms with Crippen LogP contribution in [-0.4, -0.2) is 30.3 Å². The van der Waals surface area contributed by atoms with Gasteiger partial charge < -0.3 is 14.6 Å². The molecule has 5 nitrogen and oxygen atoms in total. The molecule has 2 unspecified atom stereocenters. The lowest BCUT2D eigenvalue weighted by atomic mass is 10.2. The molecule has 6 heteroatoms. The molecule has 1 aliphatic carbocycles. The number of anilines is 1. The number of nitrogens with zero attached hydrogens (tertiary/aromatic N) is 1. The first-order valence-corrected chi connectivity index (χ1v) is 10.0. The molecule has 1 heterocycles. The van der Waals surface area contributed by atoms with E-state index in [2.05, 4.69) is 28.2 Å². The lowest BCUT2D eigenvalue weighted by Crippen LogP contribution is -2.35. The topological polar surface area (TPSA) is 62.6 Å². The molecule has 0 spiro atoms. The normalized spacial score (nSPS) is 18.2. The molecule has 1 aromatic heterocycles. The number of rotatable bonds is 7. The predicted molar refractivity (Wildman–Crippen MR) is 109 cm³/mol. The van der Waals surface area contributed by atoms with E-state index in [1.807, 2.05) is 37.3 Å². The summed E-state index contributed by atoms with van der Waals surface area (Å²) >= 11 is 3.40. The molecule has 144 valence electrons. The summed E-state index contributed by atoms with van der Waals surface area (Å²) in [5.74, 6) is 2.82. The third-order valence-corrected chi connectivity index (χ3v) is 5.50. The van der Waals surface area contributed by atoms with Gasteiger partial charge >= 0.3 is 0 Å². The maximum Gasteiger partial charge on any atom is 0.243 e. The van der Waals surface area contributed by atoms with E-state index >= 15 is 0 Å². The minimum Gasteiger partial charge on any atom is -0.466 e. The van der Waals surface area contributed by atoms with Gasteiger partial charge in [-0.05, 0) is 55.2 Å². The summed E-state index contributed by atoms with van der Waals surface area (Å²) in [5, 5.41) is 2.85. The molecule has 1 aromatic carbocycles. The standard InChI is InChI=1S/C21H25BrN2O3/c1-13-11-17(13)19-8-5-16(27-19)6-9-21(26)24(3)12-20(25)23-18-7-4-15(22)10-14(18)2/h4-5,7-8,10,13,17H,6,9,11-12H2,1-3H3,(H,23,25). The van der Waals surface area contributed by atoms with Gasteiger partial charge in [-0.25, -0.2) is 0 Å². The maximum atomic E-state index is 12.3. The minimum absolute atomic E-state index is 0.0251. The van der Waals surface area contributed by atoms with E-state index in [-0.39, 0.29) is 18.4 Å². The average molecular weight is 433 g/mol. The number of carbonyl (C=O) groups excluding carboxylic acids is 2. The predicted octanol–water partition coefficient (Wildman–Crippen LogP) is 4.50. The molecule has 27 heavy (non-hydrogen) atoms. The number of amides is 2. The van der Waals surface area contributed by atoms with E-state index in [1.54, 1.807) is 7.05 Å². The zero-order valence-electron chi connectivity index (χ0n) is 15.9. The Labute approximate surface area is 168 Å². The van der Waals surface area contributed by atoms with Gasteiger partial charge in [-0.2, -0.15) is 0 Å². The highest BCUT2D eigenvalue weighted by molar-refractivity contribution is 9.10. The zero-order valence-corrected chi connectivity index (χ0v) is 17.5. The van der Waals surface area contributed by atoms with Crippen molar-refractivity contribution in [1.82, 2.24) is 4.90 Å². The van der Waals surface area contributed by atoms with Gasteiger partial charge in [0.15, 0.2) is 0 Å². The molecule has 1 aliphatic rings. The Kier molecular flexibility index (Phi) is 6.05. The zero-order chi connectivity index (χ0) is 19.6. The highest BCUT2D eigenvalue weighted by atomic mass is 79.9. The lowest BCUT2D eigenvalue weighted by molar-refractivity contribution is -0.133. The molecule has 0 radical (unpaired) electrons. The molecular formula is C21H25BrN2O3. The van der Waals surface area contributed by atoms with Crippen LogP contribution in [0.15, 0.2) is 39.2 Å². The van der Waals surface area contributed by atoms with Gasteiger partial charge in [0, 0.05) is 36.0 Å². The molecule has 0 bridgehead atoms. The summed E-state index contributed by atoms with van der Waals surface area (Å²) in [7, 11) is 1.65. The summed E-state index contributed by atoms with van der Waals surface area (Å²) < 4.78 is 6.80. The van der Waals surface area contributed by atoms with Crippen LogP contribution >= 0.6 is 15.9 Å². The van der Waals surface area contributed by atoms with Crippen LogP contribution in [0.1, 0.15) is 42.8 Å². The summed E-state index contributed by atoms with van der Waals surface area (Å²) in [5.41, 5.74) is 1.71. The number of hydrogen-bond donors (Lipinski definition) is 1. The number of likely N-dealkylation sites (N-methyl/N-ethyl adjacent to an activating group) is 1. The molecule has 2 amide bonds.